The lowest BCUT2D eigenvalue weighted by molar-refractivity contribution is 0.0980. The van der Waals surface area contributed by atoms with Gasteiger partial charge in [0.1, 0.15) is 0 Å². The summed E-state index contributed by atoms with van der Waals surface area (Å²) in [6.07, 6.45) is 1.77. The predicted molar refractivity (Wildman–Crippen MR) is 106 cm³/mol. The second kappa shape index (κ2) is 6.96. The molecule has 0 radical (unpaired) electrons. The van der Waals surface area contributed by atoms with Gasteiger partial charge in [-0.05, 0) is 38.1 Å². The molecule has 0 saturated heterocycles. The molecule has 138 valence electrons. The van der Waals surface area contributed by atoms with Crippen LogP contribution in [0.15, 0.2) is 42.6 Å². The van der Waals surface area contributed by atoms with E-state index in [0.29, 0.717) is 23.9 Å². The van der Waals surface area contributed by atoms with Gasteiger partial charge in [0.05, 0.1) is 22.5 Å². The molecule has 3 heterocycles. The van der Waals surface area contributed by atoms with E-state index in [1.54, 1.807) is 28.9 Å². The highest BCUT2D eigenvalue weighted by molar-refractivity contribution is 7.22. The lowest BCUT2D eigenvalue weighted by Gasteiger charge is -2.19. The molecule has 0 unspecified atom stereocenters. The lowest BCUT2D eigenvalue weighted by atomic mass is 10.3. The molecule has 0 aliphatic rings. The van der Waals surface area contributed by atoms with E-state index >= 15 is 0 Å². The Bertz CT molecular complexity index is 1080. The summed E-state index contributed by atoms with van der Waals surface area (Å²) >= 11 is 1.51. The van der Waals surface area contributed by atoms with Crippen molar-refractivity contribution in [2.45, 2.75) is 20.4 Å². The Morgan fingerprint density at radius 1 is 1.19 bits per heavy atom. The first-order chi connectivity index (χ1) is 13.0. The third-order valence-corrected chi connectivity index (χ3v) is 5.39. The number of aryl methyl sites for hydroxylation is 3. The van der Waals surface area contributed by atoms with Gasteiger partial charge in [0, 0.05) is 25.5 Å². The molecule has 0 atom stereocenters. The molecule has 0 aliphatic carbocycles. The Kier molecular flexibility index (Phi) is 4.49. The first-order valence-electron chi connectivity index (χ1n) is 8.69. The van der Waals surface area contributed by atoms with Gasteiger partial charge in [0.25, 0.3) is 5.91 Å². The number of fused-ring (bicyclic) bond motifs is 1. The van der Waals surface area contributed by atoms with E-state index < -0.39 is 0 Å². The second-order valence-corrected chi connectivity index (χ2v) is 7.45. The Balaban J connectivity index is 1.67. The van der Waals surface area contributed by atoms with Gasteiger partial charge in [-0.25, -0.2) is 4.98 Å². The maximum atomic E-state index is 13.1. The van der Waals surface area contributed by atoms with Crippen LogP contribution in [0, 0.1) is 13.8 Å². The molecule has 7 nitrogen and oxygen atoms in total. The molecular formula is C19H20N6OS. The predicted octanol–water partition coefficient (Wildman–Crippen LogP) is 3.19. The fourth-order valence-corrected chi connectivity index (χ4v) is 4.01. The number of carbonyl (C=O) groups is 1. The number of nitrogens with zero attached hydrogens (tertiary/aromatic N) is 6. The summed E-state index contributed by atoms with van der Waals surface area (Å²) in [6.45, 7) is 5.04. The normalized spacial score (nSPS) is 11.2. The first-order valence-corrected chi connectivity index (χ1v) is 9.51. The first kappa shape index (κ1) is 17.4. The Morgan fingerprint density at radius 2 is 2.00 bits per heavy atom. The second-order valence-electron chi connectivity index (χ2n) is 6.45. The molecule has 27 heavy (non-hydrogen) atoms. The van der Waals surface area contributed by atoms with Crippen molar-refractivity contribution in [2.24, 2.45) is 7.05 Å². The van der Waals surface area contributed by atoms with Crippen LogP contribution in [0.5, 0.6) is 0 Å². The SMILES string of the molecule is Cc1cc(C)n(CCN(C(=O)c2ccn(C)n2)c2nc3ccccc3s2)n1. The molecule has 1 aromatic carbocycles. The molecular weight excluding hydrogens is 360 g/mol. The highest BCUT2D eigenvalue weighted by Gasteiger charge is 2.23. The van der Waals surface area contributed by atoms with Gasteiger partial charge in [-0.1, -0.05) is 23.5 Å². The standard InChI is InChI=1S/C19H20N6OS/c1-13-12-14(2)25(21-13)11-10-24(18(26)16-8-9-23(3)22-16)19-20-15-6-4-5-7-17(15)27-19/h4-9,12H,10-11H2,1-3H3. The zero-order chi connectivity index (χ0) is 19.0. The van der Waals surface area contributed by atoms with E-state index in [2.05, 4.69) is 15.2 Å². The van der Waals surface area contributed by atoms with Crippen LogP contribution in [0.25, 0.3) is 10.2 Å². The lowest BCUT2D eigenvalue weighted by Crippen LogP contribution is -2.34. The smallest absolute Gasteiger partial charge is 0.280 e. The highest BCUT2D eigenvalue weighted by Crippen LogP contribution is 2.29. The van der Waals surface area contributed by atoms with Gasteiger partial charge in [0.2, 0.25) is 0 Å². The van der Waals surface area contributed by atoms with Crippen molar-refractivity contribution in [1.82, 2.24) is 24.5 Å². The summed E-state index contributed by atoms with van der Waals surface area (Å²) < 4.78 is 4.60. The number of aromatic nitrogens is 5. The number of amides is 1. The largest absolute Gasteiger partial charge is 0.281 e. The van der Waals surface area contributed by atoms with Gasteiger partial charge in [-0.15, -0.1) is 0 Å². The Hall–Kier alpha value is -3.00. The summed E-state index contributed by atoms with van der Waals surface area (Å²) in [5.74, 6) is -0.156. The van der Waals surface area contributed by atoms with Gasteiger partial charge < -0.3 is 0 Å². The highest BCUT2D eigenvalue weighted by atomic mass is 32.1. The maximum absolute atomic E-state index is 13.1. The van der Waals surface area contributed by atoms with Crippen LogP contribution in [0.2, 0.25) is 0 Å². The minimum Gasteiger partial charge on any atom is -0.281 e. The number of carbonyl (C=O) groups excluding carboxylic acids is 1. The van der Waals surface area contributed by atoms with E-state index in [9.17, 15) is 4.79 Å². The van der Waals surface area contributed by atoms with Crippen molar-refractivity contribution in [3.8, 4) is 0 Å². The molecule has 1 amide bonds. The molecule has 0 saturated carbocycles. The third kappa shape index (κ3) is 3.48. The van der Waals surface area contributed by atoms with Crippen LogP contribution in [-0.2, 0) is 13.6 Å². The molecule has 0 N–H and O–H groups in total. The van der Waals surface area contributed by atoms with Gasteiger partial charge in [-0.3, -0.25) is 19.1 Å². The van der Waals surface area contributed by atoms with Crippen LogP contribution in [0.3, 0.4) is 0 Å². The maximum Gasteiger partial charge on any atom is 0.280 e. The van der Waals surface area contributed by atoms with Gasteiger partial charge in [-0.2, -0.15) is 10.2 Å². The van der Waals surface area contributed by atoms with Crippen LogP contribution in [-0.4, -0.2) is 37.0 Å². The van der Waals surface area contributed by atoms with E-state index in [0.717, 1.165) is 21.6 Å². The average molecular weight is 380 g/mol. The summed E-state index contributed by atoms with van der Waals surface area (Å²) in [6, 6.07) is 11.7. The summed E-state index contributed by atoms with van der Waals surface area (Å²) in [5.41, 5.74) is 3.34. The number of hydrogen-bond acceptors (Lipinski definition) is 5. The van der Waals surface area contributed by atoms with Crippen LogP contribution < -0.4 is 4.90 Å². The summed E-state index contributed by atoms with van der Waals surface area (Å²) in [5, 5.41) is 9.44. The zero-order valence-electron chi connectivity index (χ0n) is 15.5. The molecule has 3 aromatic heterocycles. The number of rotatable bonds is 5. The third-order valence-electron chi connectivity index (χ3n) is 4.33. The number of benzene rings is 1. The van der Waals surface area contributed by atoms with Crippen molar-refractivity contribution in [2.75, 3.05) is 11.4 Å². The summed E-state index contributed by atoms with van der Waals surface area (Å²) in [4.78, 5) is 19.5. The number of anilines is 1. The van der Waals surface area contributed by atoms with E-state index in [1.165, 1.54) is 11.3 Å². The molecule has 4 rings (SSSR count). The quantitative estimate of drug-likeness (QED) is 0.533. The molecule has 0 bridgehead atoms. The number of hydrogen-bond donors (Lipinski definition) is 0. The van der Waals surface area contributed by atoms with Crippen molar-refractivity contribution in [3.63, 3.8) is 0 Å². The minimum absolute atomic E-state index is 0.156. The fourth-order valence-electron chi connectivity index (χ4n) is 3.02. The van der Waals surface area contributed by atoms with Crippen molar-refractivity contribution in [3.05, 3.63) is 59.7 Å². The van der Waals surface area contributed by atoms with Crippen molar-refractivity contribution < 1.29 is 4.79 Å². The van der Waals surface area contributed by atoms with Gasteiger partial charge in [0.15, 0.2) is 10.8 Å². The topological polar surface area (TPSA) is 68.8 Å². The summed E-state index contributed by atoms with van der Waals surface area (Å²) in [7, 11) is 1.80. The van der Waals surface area contributed by atoms with Crippen LogP contribution >= 0.6 is 11.3 Å². The van der Waals surface area contributed by atoms with E-state index in [4.69, 9.17) is 0 Å². The number of para-hydroxylation sites is 1. The zero-order valence-corrected chi connectivity index (χ0v) is 16.3. The molecule has 0 spiro atoms. The fraction of sp³-hybridized carbons (Fsp3) is 0.263. The van der Waals surface area contributed by atoms with Gasteiger partial charge >= 0.3 is 0 Å². The Morgan fingerprint density at radius 3 is 2.67 bits per heavy atom. The van der Waals surface area contributed by atoms with Crippen LogP contribution in [0.1, 0.15) is 21.9 Å². The van der Waals surface area contributed by atoms with E-state index in [-0.39, 0.29) is 5.91 Å². The van der Waals surface area contributed by atoms with Crippen molar-refractivity contribution >= 4 is 32.6 Å². The Labute approximate surface area is 160 Å². The molecule has 0 aliphatic heterocycles. The molecule has 8 heteroatoms. The van der Waals surface area contributed by atoms with Crippen LogP contribution in [0.4, 0.5) is 5.13 Å². The molecule has 4 aromatic rings. The average Bonchev–Trinajstić information content (AvgIpc) is 3.33. The van der Waals surface area contributed by atoms with Crippen molar-refractivity contribution in [1.29, 1.82) is 0 Å². The number of thiazole rings is 1. The minimum atomic E-state index is -0.156. The monoisotopic (exact) mass is 380 g/mol. The molecule has 0 fully saturated rings. The van der Waals surface area contributed by atoms with E-state index in [1.807, 2.05) is 48.9 Å².